The van der Waals surface area contributed by atoms with E-state index in [1.807, 2.05) is 0 Å². The van der Waals surface area contributed by atoms with Crippen molar-refractivity contribution in [2.75, 3.05) is 11.9 Å². The Bertz CT molecular complexity index is 587. The summed E-state index contributed by atoms with van der Waals surface area (Å²) in [7, 11) is 0. The van der Waals surface area contributed by atoms with E-state index >= 15 is 0 Å². The summed E-state index contributed by atoms with van der Waals surface area (Å²) in [6.07, 6.45) is 21.7. The van der Waals surface area contributed by atoms with E-state index in [1.165, 1.54) is 89.7 Å². The number of amides is 1. The van der Waals surface area contributed by atoms with Crippen LogP contribution in [0.5, 0.6) is 0 Å². The second-order valence-electron chi connectivity index (χ2n) is 8.40. The maximum atomic E-state index is 12.0. The number of carbonyl (C=O) groups excluding carboxylic acids is 2. The number of carbonyl (C=O) groups is 2. The van der Waals surface area contributed by atoms with Crippen molar-refractivity contribution in [2.24, 2.45) is 0 Å². The minimum absolute atomic E-state index is 0.0221. The molecule has 0 aromatic carbocycles. The molecule has 0 bridgehead atoms. The third kappa shape index (κ3) is 14.7. The van der Waals surface area contributed by atoms with Crippen LogP contribution in [-0.2, 0) is 9.53 Å². The van der Waals surface area contributed by atoms with Crippen molar-refractivity contribution < 1.29 is 14.3 Å². The number of hydrogen-bond acceptors (Lipinski definition) is 4. The standard InChI is InChI=1S/C26H44N2O3/c1-3-5-6-7-8-9-10-11-12-13-14-15-16-17-18-19-25(29)28-24-21-20-23(22-27-24)26(30)31-4-2/h20-22H,3-19H2,1-2H3,(H,27,28,29). The van der Waals surface area contributed by atoms with E-state index in [9.17, 15) is 9.59 Å². The Morgan fingerprint density at radius 2 is 1.29 bits per heavy atom. The van der Waals surface area contributed by atoms with E-state index in [2.05, 4.69) is 17.2 Å². The van der Waals surface area contributed by atoms with Crippen molar-refractivity contribution in [1.29, 1.82) is 0 Å². The highest BCUT2D eigenvalue weighted by Crippen LogP contribution is 2.14. The van der Waals surface area contributed by atoms with Crippen LogP contribution in [0.4, 0.5) is 5.82 Å². The fraction of sp³-hybridized carbons (Fsp3) is 0.731. The van der Waals surface area contributed by atoms with Gasteiger partial charge in [0.2, 0.25) is 5.91 Å². The molecule has 0 aliphatic carbocycles. The highest BCUT2D eigenvalue weighted by Gasteiger charge is 2.08. The van der Waals surface area contributed by atoms with Crippen molar-refractivity contribution in [2.45, 2.75) is 117 Å². The zero-order chi connectivity index (χ0) is 22.6. The highest BCUT2D eigenvalue weighted by atomic mass is 16.5. The number of hydrogen-bond donors (Lipinski definition) is 1. The van der Waals surface area contributed by atoms with Gasteiger partial charge in [-0.15, -0.1) is 0 Å². The summed E-state index contributed by atoms with van der Waals surface area (Å²) in [5.41, 5.74) is 0.391. The number of ether oxygens (including phenoxy) is 1. The number of esters is 1. The molecule has 5 nitrogen and oxygen atoms in total. The second kappa shape index (κ2) is 18.8. The van der Waals surface area contributed by atoms with E-state index in [0.717, 1.165) is 12.8 Å². The average Bonchev–Trinajstić information content (AvgIpc) is 2.77. The fourth-order valence-corrected chi connectivity index (χ4v) is 3.67. The van der Waals surface area contributed by atoms with Crippen LogP contribution in [0.1, 0.15) is 127 Å². The molecule has 0 saturated carbocycles. The van der Waals surface area contributed by atoms with E-state index in [1.54, 1.807) is 19.1 Å². The first-order valence-electron chi connectivity index (χ1n) is 12.6. The third-order valence-corrected chi connectivity index (χ3v) is 5.55. The molecule has 0 radical (unpaired) electrons. The van der Waals surface area contributed by atoms with E-state index in [4.69, 9.17) is 4.74 Å². The van der Waals surface area contributed by atoms with Crippen LogP contribution in [-0.4, -0.2) is 23.5 Å². The molecule has 1 aromatic rings. The summed E-state index contributed by atoms with van der Waals surface area (Å²) < 4.78 is 4.92. The Hall–Kier alpha value is -1.91. The summed E-state index contributed by atoms with van der Waals surface area (Å²) in [5.74, 6) is 0.0516. The van der Waals surface area contributed by atoms with Crippen molar-refractivity contribution >= 4 is 17.7 Å². The molecule has 1 heterocycles. The van der Waals surface area contributed by atoms with Gasteiger partial charge in [0, 0.05) is 12.6 Å². The predicted molar refractivity (Wildman–Crippen MR) is 128 cm³/mol. The lowest BCUT2D eigenvalue weighted by molar-refractivity contribution is -0.116. The van der Waals surface area contributed by atoms with Gasteiger partial charge in [-0.25, -0.2) is 9.78 Å². The van der Waals surface area contributed by atoms with Gasteiger partial charge in [0.25, 0.3) is 0 Å². The molecule has 0 unspecified atom stereocenters. The first-order chi connectivity index (χ1) is 15.2. The molecule has 1 aromatic heterocycles. The average molecular weight is 433 g/mol. The maximum Gasteiger partial charge on any atom is 0.339 e. The van der Waals surface area contributed by atoms with Gasteiger partial charge in [-0.2, -0.15) is 0 Å². The normalized spacial score (nSPS) is 10.8. The maximum absolute atomic E-state index is 12.0. The molecule has 1 N–H and O–H groups in total. The van der Waals surface area contributed by atoms with E-state index in [-0.39, 0.29) is 5.91 Å². The van der Waals surface area contributed by atoms with Gasteiger partial charge in [0.15, 0.2) is 0 Å². The summed E-state index contributed by atoms with van der Waals surface area (Å²) in [4.78, 5) is 27.7. The zero-order valence-corrected chi connectivity index (χ0v) is 19.9. The molecule has 0 saturated heterocycles. The number of anilines is 1. The van der Waals surface area contributed by atoms with Crippen LogP contribution >= 0.6 is 0 Å². The van der Waals surface area contributed by atoms with Gasteiger partial charge in [0.1, 0.15) is 5.82 Å². The second-order valence-corrected chi connectivity index (χ2v) is 8.40. The molecule has 0 aliphatic rings. The number of rotatable bonds is 19. The molecule has 0 spiro atoms. The van der Waals surface area contributed by atoms with Crippen molar-refractivity contribution in [3.63, 3.8) is 0 Å². The zero-order valence-electron chi connectivity index (χ0n) is 19.9. The van der Waals surface area contributed by atoms with Crippen LogP contribution in [0.2, 0.25) is 0 Å². The fourth-order valence-electron chi connectivity index (χ4n) is 3.67. The lowest BCUT2D eigenvalue weighted by Crippen LogP contribution is -2.13. The van der Waals surface area contributed by atoms with Crippen LogP contribution in [0.25, 0.3) is 0 Å². The number of unbranched alkanes of at least 4 members (excludes halogenated alkanes) is 14. The van der Waals surface area contributed by atoms with Gasteiger partial charge in [0.05, 0.1) is 12.2 Å². The Balaban J connectivity index is 1.93. The molecule has 5 heteroatoms. The quantitative estimate of drug-likeness (QED) is 0.182. The van der Waals surface area contributed by atoms with Crippen LogP contribution in [0.3, 0.4) is 0 Å². The molecule has 31 heavy (non-hydrogen) atoms. The van der Waals surface area contributed by atoms with Crippen molar-refractivity contribution in [1.82, 2.24) is 4.98 Å². The summed E-state index contributed by atoms with van der Waals surface area (Å²) in [6.45, 7) is 4.36. The molecule has 1 rings (SSSR count). The van der Waals surface area contributed by atoms with Crippen molar-refractivity contribution in [3.8, 4) is 0 Å². The van der Waals surface area contributed by atoms with Gasteiger partial charge < -0.3 is 10.1 Å². The highest BCUT2D eigenvalue weighted by molar-refractivity contribution is 5.91. The summed E-state index contributed by atoms with van der Waals surface area (Å²) in [5, 5.41) is 2.79. The van der Waals surface area contributed by atoms with Crippen LogP contribution in [0.15, 0.2) is 18.3 Å². The summed E-state index contributed by atoms with van der Waals surface area (Å²) >= 11 is 0. The monoisotopic (exact) mass is 432 g/mol. The largest absolute Gasteiger partial charge is 0.462 e. The summed E-state index contributed by atoms with van der Waals surface area (Å²) in [6, 6.07) is 3.25. The molecule has 0 atom stereocenters. The predicted octanol–water partition coefficient (Wildman–Crippen LogP) is 7.46. The number of aromatic nitrogens is 1. The van der Waals surface area contributed by atoms with Gasteiger partial charge in [-0.3, -0.25) is 4.79 Å². The molecule has 0 fully saturated rings. The minimum atomic E-state index is -0.398. The van der Waals surface area contributed by atoms with E-state index < -0.39 is 5.97 Å². The Kier molecular flexibility index (Phi) is 16.5. The molecular weight excluding hydrogens is 388 g/mol. The van der Waals surface area contributed by atoms with Crippen LogP contribution < -0.4 is 5.32 Å². The molecular formula is C26H44N2O3. The first-order valence-corrected chi connectivity index (χ1v) is 12.6. The van der Waals surface area contributed by atoms with E-state index in [0.29, 0.717) is 24.4 Å². The lowest BCUT2D eigenvalue weighted by Gasteiger charge is -2.06. The van der Waals surface area contributed by atoms with Gasteiger partial charge >= 0.3 is 5.97 Å². The van der Waals surface area contributed by atoms with Crippen molar-refractivity contribution in [3.05, 3.63) is 23.9 Å². The van der Waals surface area contributed by atoms with Gasteiger partial charge in [-0.1, -0.05) is 96.8 Å². The smallest absolute Gasteiger partial charge is 0.339 e. The van der Waals surface area contributed by atoms with Gasteiger partial charge in [-0.05, 0) is 25.5 Å². The molecule has 0 aliphatic heterocycles. The minimum Gasteiger partial charge on any atom is -0.462 e. The lowest BCUT2D eigenvalue weighted by atomic mass is 10.0. The number of nitrogens with one attached hydrogen (secondary N) is 1. The Morgan fingerprint density at radius 3 is 1.74 bits per heavy atom. The molecule has 176 valence electrons. The first kappa shape index (κ1) is 27.1. The Morgan fingerprint density at radius 1 is 0.774 bits per heavy atom. The topological polar surface area (TPSA) is 68.3 Å². The number of pyridine rings is 1. The number of nitrogens with zero attached hydrogens (tertiary/aromatic N) is 1. The molecule has 1 amide bonds. The van der Waals surface area contributed by atoms with Crippen LogP contribution in [0, 0.1) is 0 Å². The SMILES string of the molecule is CCCCCCCCCCCCCCCCCC(=O)Nc1ccc(C(=O)OCC)cn1. The Labute approximate surface area is 189 Å². The third-order valence-electron chi connectivity index (χ3n) is 5.55.